The second-order valence-electron chi connectivity index (χ2n) is 3.69. The largest absolute Gasteiger partial charge is 0.393 e. The van der Waals surface area contributed by atoms with E-state index >= 15 is 0 Å². The summed E-state index contributed by atoms with van der Waals surface area (Å²) in [4.78, 5) is 5.16. The molecule has 80 valence electrons. The van der Waals surface area contributed by atoms with Crippen LogP contribution >= 0.6 is 0 Å². The first-order valence-electron chi connectivity index (χ1n) is 5.36. The number of hydrogen-bond acceptors (Lipinski definition) is 4. The molecule has 0 aromatic carbocycles. The van der Waals surface area contributed by atoms with Gasteiger partial charge < -0.3 is 14.3 Å². The van der Waals surface area contributed by atoms with Crippen LogP contribution in [-0.4, -0.2) is 31.8 Å². The Labute approximate surface area is 84.2 Å². The van der Waals surface area contributed by atoms with Crippen LogP contribution in [0.1, 0.15) is 32.1 Å². The quantitative estimate of drug-likeness (QED) is 0.384. The smallest absolute Gasteiger partial charge is 0.181 e. The molecule has 0 amide bonds. The molecule has 0 aromatic rings. The van der Waals surface area contributed by atoms with E-state index in [0.717, 1.165) is 19.4 Å². The highest BCUT2D eigenvalue weighted by Crippen LogP contribution is 2.14. The van der Waals surface area contributed by atoms with Gasteiger partial charge in [-0.25, -0.2) is 0 Å². The molecule has 1 heterocycles. The van der Waals surface area contributed by atoms with Crippen LogP contribution in [0.2, 0.25) is 0 Å². The summed E-state index contributed by atoms with van der Waals surface area (Å²) in [5.74, 6) is 0. The Bertz CT molecular complexity index is 194. The molecule has 1 saturated carbocycles. The molecule has 4 nitrogen and oxygen atoms in total. The predicted octanol–water partition coefficient (Wildman–Crippen LogP) is 1.70. The minimum Gasteiger partial charge on any atom is -0.393 e. The molecule has 0 bridgehead atoms. The van der Waals surface area contributed by atoms with Gasteiger partial charge in [0.25, 0.3) is 0 Å². The molecule has 1 unspecified atom stereocenters. The van der Waals surface area contributed by atoms with Crippen molar-refractivity contribution in [2.45, 2.75) is 38.4 Å². The summed E-state index contributed by atoms with van der Waals surface area (Å²) in [6, 6.07) is 0. The van der Waals surface area contributed by atoms with Crippen LogP contribution in [0.3, 0.4) is 0 Å². The topological polar surface area (TPSA) is 43.4 Å². The van der Waals surface area contributed by atoms with Gasteiger partial charge in [0, 0.05) is 0 Å². The molecule has 1 saturated heterocycles. The van der Waals surface area contributed by atoms with Gasteiger partial charge in [0.2, 0.25) is 0 Å². The SMILES string of the molecule is C1CCC(=NOCCOC2CO2)CC1. The summed E-state index contributed by atoms with van der Waals surface area (Å²) in [6.45, 7) is 1.83. The van der Waals surface area contributed by atoms with Gasteiger partial charge >= 0.3 is 0 Å². The molecule has 1 aliphatic heterocycles. The van der Waals surface area contributed by atoms with Crippen molar-refractivity contribution in [2.24, 2.45) is 5.16 Å². The van der Waals surface area contributed by atoms with Gasteiger partial charge in [-0.3, -0.25) is 0 Å². The van der Waals surface area contributed by atoms with Crippen LogP contribution in [0.25, 0.3) is 0 Å². The molecular formula is C10H17NO3. The Morgan fingerprint density at radius 1 is 1.21 bits per heavy atom. The van der Waals surface area contributed by atoms with Crippen LogP contribution in [0.5, 0.6) is 0 Å². The normalized spacial score (nSPS) is 26.0. The third-order valence-electron chi connectivity index (χ3n) is 2.41. The molecule has 2 aliphatic rings. The van der Waals surface area contributed by atoms with Crippen molar-refractivity contribution in [1.82, 2.24) is 0 Å². The lowest BCUT2D eigenvalue weighted by atomic mass is 9.99. The van der Waals surface area contributed by atoms with Gasteiger partial charge in [-0.2, -0.15) is 0 Å². The maximum Gasteiger partial charge on any atom is 0.181 e. The van der Waals surface area contributed by atoms with Crippen molar-refractivity contribution in [3.05, 3.63) is 0 Å². The van der Waals surface area contributed by atoms with Crippen LogP contribution in [-0.2, 0) is 14.3 Å². The van der Waals surface area contributed by atoms with E-state index < -0.39 is 0 Å². The van der Waals surface area contributed by atoms with Gasteiger partial charge in [0.1, 0.15) is 13.2 Å². The van der Waals surface area contributed by atoms with E-state index in [-0.39, 0.29) is 6.29 Å². The molecule has 0 radical (unpaired) electrons. The molecule has 0 aromatic heterocycles. The predicted molar refractivity (Wildman–Crippen MR) is 52.2 cm³/mol. The van der Waals surface area contributed by atoms with Gasteiger partial charge in [-0.1, -0.05) is 11.6 Å². The van der Waals surface area contributed by atoms with E-state index in [1.54, 1.807) is 0 Å². The summed E-state index contributed by atoms with van der Waals surface area (Å²) >= 11 is 0. The van der Waals surface area contributed by atoms with Crippen LogP contribution in [0, 0.1) is 0 Å². The monoisotopic (exact) mass is 199 g/mol. The standard InChI is InChI=1S/C10H17NO3/c1-2-4-9(5-3-1)11-14-7-6-12-10-8-13-10/h10H,1-8H2. The molecule has 2 rings (SSSR count). The highest BCUT2D eigenvalue weighted by molar-refractivity contribution is 5.84. The maximum atomic E-state index is 5.23. The van der Waals surface area contributed by atoms with Gasteiger partial charge in [0.15, 0.2) is 6.29 Å². The molecule has 1 atom stereocenters. The van der Waals surface area contributed by atoms with E-state index in [1.807, 2.05) is 0 Å². The van der Waals surface area contributed by atoms with Gasteiger partial charge in [-0.05, 0) is 25.7 Å². The van der Waals surface area contributed by atoms with Crippen LogP contribution in [0.4, 0.5) is 0 Å². The van der Waals surface area contributed by atoms with Gasteiger partial charge in [-0.15, -0.1) is 0 Å². The Balaban J connectivity index is 1.51. The summed E-state index contributed by atoms with van der Waals surface area (Å²) in [6.07, 6.45) is 6.09. The zero-order chi connectivity index (χ0) is 9.64. The second-order valence-corrected chi connectivity index (χ2v) is 3.69. The van der Waals surface area contributed by atoms with Crippen molar-refractivity contribution in [3.8, 4) is 0 Å². The Kier molecular flexibility index (Phi) is 3.77. The fourth-order valence-corrected chi connectivity index (χ4v) is 1.54. The van der Waals surface area contributed by atoms with E-state index in [0.29, 0.717) is 13.2 Å². The third kappa shape index (κ3) is 3.64. The van der Waals surface area contributed by atoms with Crippen molar-refractivity contribution in [1.29, 1.82) is 0 Å². The fraction of sp³-hybridized carbons (Fsp3) is 0.900. The average molecular weight is 199 g/mol. The first-order valence-corrected chi connectivity index (χ1v) is 5.36. The lowest BCUT2D eigenvalue weighted by Crippen LogP contribution is -2.08. The number of rotatable bonds is 5. The summed E-state index contributed by atoms with van der Waals surface area (Å²) in [5, 5.41) is 4.10. The van der Waals surface area contributed by atoms with E-state index in [2.05, 4.69) is 5.16 Å². The summed E-state index contributed by atoms with van der Waals surface area (Å²) in [7, 11) is 0. The number of nitrogens with zero attached hydrogens (tertiary/aromatic N) is 1. The lowest BCUT2D eigenvalue weighted by molar-refractivity contribution is 0.00595. The first kappa shape index (κ1) is 9.93. The summed E-state index contributed by atoms with van der Waals surface area (Å²) < 4.78 is 10.1. The van der Waals surface area contributed by atoms with E-state index in [1.165, 1.54) is 25.0 Å². The number of hydrogen-bond donors (Lipinski definition) is 0. The minimum atomic E-state index is 0.0286. The number of epoxide rings is 1. The highest BCUT2D eigenvalue weighted by atomic mass is 16.8. The van der Waals surface area contributed by atoms with Crippen molar-refractivity contribution < 1.29 is 14.3 Å². The van der Waals surface area contributed by atoms with Crippen molar-refractivity contribution in [3.63, 3.8) is 0 Å². The molecule has 2 fully saturated rings. The van der Waals surface area contributed by atoms with E-state index in [9.17, 15) is 0 Å². The summed E-state index contributed by atoms with van der Waals surface area (Å²) in [5.41, 5.74) is 1.21. The Hall–Kier alpha value is -0.610. The molecule has 0 spiro atoms. The second kappa shape index (κ2) is 5.32. The van der Waals surface area contributed by atoms with Gasteiger partial charge in [0.05, 0.1) is 12.3 Å². The average Bonchev–Trinajstić information content (AvgIpc) is 3.03. The number of ether oxygens (including phenoxy) is 2. The van der Waals surface area contributed by atoms with Crippen molar-refractivity contribution in [2.75, 3.05) is 19.8 Å². The van der Waals surface area contributed by atoms with E-state index in [4.69, 9.17) is 14.3 Å². The zero-order valence-electron chi connectivity index (χ0n) is 8.41. The molecule has 1 aliphatic carbocycles. The molecule has 0 N–H and O–H groups in total. The highest BCUT2D eigenvalue weighted by Gasteiger charge is 2.22. The minimum absolute atomic E-state index is 0.0286. The maximum absolute atomic E-state index is 5.23. The van der Waals surface area contributed by atoms with Crippen LogP contribution < -0.4 is 0 Å². The Morgan fingerprint density at radius 2 is 2.00 bits per heavy atom. The molecular weight excluding hydrogens is 182 g/mol. The third-order valence-corrected chi connectivity index (χ3v) is 2.41. The van der Waals surface area contributed by atoms with Crippen molar-refractivity contribution >= 4 is 5.71 Å². The lowest BCUT2D eigenvalue weighted by Gasteiger charge is -2.11. The fourth-order valence-electron chi connectivity index (χ4n) is 1.54. The van der Waals surface area contributed by atoms with Crippen LogP contribution in [0.15, 0.2) is 5.16 Å². The zero-order valence-corrected chi connectivity index (χ0v) is 8.41. The first-order chi connectivity index (χ1) is 6.95. The molecule has 14 heavy (non-hydrogen) atoms. The number of oxime groups is 1. The Morgan fingerprint density at radius 3 is 2.71 bits per heavy atom. The molecule has 4 heteroatoms.